The van der Waals surface area contributed by atoms with E-state index in [1.54, 1.807) is 11.4 Å². The molecule has 0 bridgehead atoms. The molecular weight excluding hydrogens is 160 g/mol. The van der Waals surface area contributed by atoms with Gasteiger partial charge in [-0.05, 0) is 19.9 Å². The number of carbonyl (C=O) groups excluding carboxylic acids is 1. The highest BCUT2D eigenvalue weighted by atomic mass is 32.1. The average molecular weight is 170 g/mol. The zero-order valence-corrected chi connectivity index (χ0v) is 7.31. The normalized spacial score (nSPS) is 13.0. The summed E-state index contributed by atoms with van der Waals surface area (Å²) < 4.78 is 0. The highest BCUT2D eigenvalue weighted by Crippen LogP contribution is 2.14. The average Bonchev–Trinajstić information content (AvgIpc) is 2.34. The lowest BCUT2D eigenvalue weighted by Gasteiger charge is -1.98. The van der Waals surface area contributed by atoms with Crippen LogP contribution in [0.3, 0.4) is 0 Å². The van der Waals surface area contributed by atoms with Crippen LogP contribution < -0.4 is 0 Å². The van der Waals surface area contributed by atoms with Crippen molar-refractivity contribution in [1.29, 1.82) is 0 Å². The zero-order valence-electron chi connectivity index (χ0n) is 6.50. The number of rotatable bonds is 2. The van der Waals surface area contributed by atoms with Crippen LogP contribution in [0.15, 0.2) is 11.4 Å². The van der Waals surface area contributed by atoms with Crippen molar-refractivity contribution in [3.05, 3.63) is 21.9 Å². The number of hydrogen-bond donors (Lipinski definition) is 1. The minimum absolute atomic E-state index is 0.200. The number of thiophene rings is 1. The van der Waals surface area contributed by atoms with Gasteiger partial charge < -0.3 is 5.11 Å². The van der Waals surface area contributed by atoms with Crippen molar-refractivity contribution in [1.82, 2.24) is 0 Å². The third-order valence-electron chi connectivity index (χ3n) is 1.39. The lowest BCUT2D eigenvalue weighted by molar-refractivity contribution is 0.0780. The van der Waals surface area contributed by atoms with Crippen LogP contribution >= 0.6 is 11.3 Å². The second-order valence-electron chi connectivity index (χ2n) is 2.49. The first-order chi connectivity index (χ1) is 5.11. The SMILES string of the molecule is Cc1cc(C(=O)C(C)O)cs1. The highest BCUT2D eigenvalue weighted by Gasteiger charge is 2.12. The molecule has 1 unspecified atom stereocenters. The fourth-order valence-corrected chi connectivity index (χ4v) is 1.51. The summed E-state index contributed by atoms with van der Waals surface area (Å²) >= 11 is 1.52. The van der Waals surface area contributed by atoms with E-state index >= 15 is 0 Å². The number of carbonyl (C=O) groups is 1. The molecule has 1 atom stereocenters. The maximum Gasteiger partial charge on any atom is 0.191 e. The number of aliphatic hydroxyl groups is 1. The van der Waals surface area contributed by atoms with Crippen LogP contribution in [0.25, 0.3) is 0 Å². The number of ketones is 1. The van der Waals surface area contributed by atoms with Crippen molar-refractivity contribution in [2.45, 2.75) is 20.0 Å². The molecular formula is C8H10O2S. The molecule has 0 fully saturated rings. The predicted octanol–water partition coefficient (Wildman–Crippen LogP) is 1.62. The molecule has 1 rings (SSSR count). The molecule has 2 nitrogen and oxygen atoms in total. The minimum atomic E-state index is -0.885. The van der Waals surface area contributed by atoms with Gasteiger partial charge in [-0.25, -0.2) is 0 Å². The molecule has 3 heteroatoms. The van der Waals surface area contributed by atoms with E-state index in [1.807, 2.05) is 6.92 Å². The second kappa shape index (κ2) is 3.15. The Balaban J connectivity index is 2.85. The second-order valence-corrected chi connectivity index (χ2v) is 3.60. The summed E-state index contributed by atoms with van der Waals surface area (Å²) in [5, 5.41) is 10.7. The Morgan fingerprint density at radius 2 is 2.36 bits per heavy atom. The van der Waals surface area contributed by atoms with Gasteiger partial charge in [-0.3, -0.25) is 4.79 Å². The van der Waals surface area contributed by atoms with E-state index in [4.69, 9.17) is 5.11 Å². The van der Waals surface area contributed by atoms with Crippen molar-refractivity contribution >= 4 is 17.1 Å². The number of Topliss-reactive ketones (excluding diaryl/α,β-unsaturated/α-hetero) is 1. The third kappa shape index (κ3) is 1.88. The zero-order chi connectivity index (χ0) is 8.43. The molecule has 1 N–H and O–H groups in total. The van der Waals surface area contributed by atoms with Crippen LogP contribution in [-0.4, -0.2) is 17.0 Å². The molecule has 0 saturated heterocycles. The molecule has 1 aromatic heterocycles. The maximum absolute atomic E-state index is 11.1. The van der Waals surface area contributed by atoms with Gasteiger partial charge in [0.05, 0.1) is 0 Å². The molecule has 0 radical (unpaired) electrons. The number of hydrogen-bond acceptors (Lipinski definition) is 3. The fraction of sp³-hybridized carbons (Fsp3) is 0.375. The van der Waals surface area contributed by atoms with E-state index in [1.165, 1.54) is 18.3 Å². The molecule has 0 amide bonds. The predicted molar refractivity (Wildman–Crippen MR) is 45.1 cm³/mol. The Labute approximate surface area is 69.5 Å². The molecule has 0 aliphatic heterocycles. The summed E-state index contributed by atoms with van der Waals surface area (Å²) in [4.78, 5) is 12.2. The van der Waals surface area contributed by atoms with E-state index in [0.717, 1.165) is 4.88 Å². The number of aliphatic hydroxyl groups excluding tert-OH is 1. The van der Waals surface area contributed by atoms with E-state index < -0.39 is 6.10 Å². The first kappa shape index (κ1) is 8.43. The topological polar surface area (TPSA) is 37.3 Å². The third-order valence-corrected chi connectivity index (χ3v) is 2.26. The molecule has 1 aromatic rings. The van der Waals surface area contributed by atoms with Gasteiger partial charge in [0, 0.05) is 15.8 Å². The Morgan fingerprint density at radius 3 is 2.73 bits per heavy atom. The Hall–Kier alpha value is -0.670. The molecule has 0 aliphatic rings. The van der Waals surface area contributed by atoms with Gasteiger partial charge >= 0.3 is 0 Å². The lowest BCUT2D eigenvalue weighted by atomic mass is 10.1. The van der Waals surface area contributed by atoms with Gasteiger partial charge in [-0.1, -0.05) is 0 Å². The van der Waals surface area contributed by atoms with Crippen LogP contribution in [0.2, 0.25) is 0 Å². The van der Waals surface area contributed by atoms with Crippen molar-refractivity contribution in [3.63, 3.8) is 0 Å². The van der Waals surface area contributed by atoms with Crippen LogP contribution in [0, 0.1) is 6.92 Å². The molecule has 1 heterocycles. The van der Waals surface area contributed by atoms with Gasteiger partial charge in [-0.2, -0.15) is 0 Å². The smallest absolute Gasteiger partial charge is 0.191 e. The van der Waals surface area contributed by atoms with E-state index in [-0.39, 0.29) is 5.78 Å². The minimum Gasteiger partial charge on any atom is -0.385 e. The Kier molecular flexibility index (Phi) is 2.42. The summed E-state index contributed by atoms with van der Waals surface area (Å²) in [6, 6.07) is 1.79. The molecule has 0 spiro atoms. The lowest BCUT2D eigenvalue weighted by Crippen LogP contribution is -2.14. The van der Waals surface area contributed by atoms with Crippen molar-refractivity contribution in [2.24, 2.45) is 0 Å². The van der Waals surface area contributed by atoms with E-state index in [2.05, 4.69) is 0 Å². The van der Waals surface area contributed by atoms with Gasteiger partial charge in [0.15, 0.2) is 5.78 Å². The van der Waals surface area contributed by atoms with Crippen molar-refractivity contribution in [2.75, 3.05) is 0 Å². The molecule has 60 valence electrons. The van der Waals surface area contributed by atoms with Gasteiger partial charge in [0.25, 0.3) is 0 Å². The van der Waals surface area contributed by atoms with Gasteiger partial charge in [-0.15, -0.1) is 11.3 Å². The largest absolute Gasteiger partial charge is 0.385 e. The standard InChI is InChI=1S/C8H10O2S/c1-5-3-7(4-11-5)8(10)6(2)9/h3-4,6,9H,1-2H3. The van der Waals surface area contributed by atoms with Crippen molar-refractivity contribution < 1.29 is 9.90 Å². The van der Waals surface area contributed by atoms with Crippen LogP contribution in [0.5, 0.6) is 0 Å². The maximum atomic E-state index is 11.1. The number of aryl methyl sites for hydroxylation is 1. The summed E-state index contributed by atoms with van der Waals surface area (Å²) in [6.45, 7) is 3.42. The quantitative estimate of drug-likeness (QED) is 0.685. The van der Waals surface area contributed by atoms with Crippen LogP contribution in [-0.2, 0) is 0 Å². The first-order valence-electron chi connectivity index (χ1n) is 3.38. The highest BCUT2D eigenvalue weighted by molar-refractivity contribution is 7.10. The molecule has 11 heavy (non-hydrogen) atoms. The van der Waals surface area contributed by atoms with Gasteiger partial charge in [0.2, 0.25) is 0 Å². The molecule has 0 saturated carbocycles. The molecule has 0 aromatic carbocycles. The summed E-state index contributed by atoms with van der Waals surface area (Å²) in [5.74, 6) is -0.200. The Morgan fingerprint density at radius 1 is 1.73 bits per heavy atom. The summed E-state index contributed by atoms with van der Waals surface area (Å²) in [6.07, 6.45) is -0.885. The van der Waals surface area contributed by atoms with Crippen LogP contribution in [0.1, 0.15) is 22.2 Å². The van der Waals surface area contributed by atoms with E-state index in [0.29, 0.717) is 5.56 Å². The van der Waals surface area contributed by atoms with E-state index in [9.17, 15) is 4.79 Å². The monoisotopic (exact) mass is 170 g/mol. The Bertz CT molecular complexity index is 263. The first-order valence-corrected chi connectivity index (χ1v) is 4.26. The molecule has 0 aliphatic carbocycles. The fourth-order valence-electron chi connectivity index (χ4n) is 0.814. The van der Waals surface area contributed by atoms with Crippen LogP contribution in [0.4, 0.5) is 0 Å². The van der Waals surface area contributed by atoms with Crippen molar-refractivity contribution in [3.8, 4) is 0 Å². The summed E-state index contributed by atoms with van der Waals surface area (Å²) in [7, 11) is 0. The summed E-state index contributed by atoms with van der Waals surface area (Å²) in [5.41, 5.74) is 0.613. The van der Waals surface area contributed by atoms with Gasteiger partial charge in [0.1, 0.15) is 6.10 Å².